The standard InChI is InChI=1S/C14H20N2O2/c1-18-13-6-4-12(5-7-13)10-15-14(17)11-16-8-2-3-9-16/h4-7H,2-3,8-11H2,1H3,(H,15,17). The van der Waals surface area contributed by atoms with E-state index in [1.165, 1.54) is 12.8 Å². The number of carbonyl (C=O) groups excluding carboxylic acids is 1. The molecule has 0 bridgehead atoms. The maximum Gasteiger partial charge on any atom is 0.234 e. The Balaban J connectivity index is 1.74. The number of carbonyl (C=O) groups is 1. The molecule has 0 unspecified atom stereocenters. The number of hydrogen-bond acceptors (Lipinski definition) is 3. The van der Waals surface area contributed by atoms with Gasteiger partial charge >= 0.3 is 0 Å². The van der Waals surface area contributed by atoms with Crippen molar-refractivity contribution < 1.29 is 9.53 Å². The number of hydrogen-bond donors (Lipinski definition) is 1. The van der Waals surface area contributed by atoms with E-state index in [0.29, 0.717) is 13.1 Å². The summed E-state index contributed by atoms with van der Waals surface area (Å²) in [4.78, 5) is 13.9. The summed E-state index contributed by atoms with van der Waals surface area (Å²) < 4.78 is 5.09. The topological polar surface area (TPSA) is 41.6 Å². The van der Waals surface area contributed by atoms with Gasteiger partial charge in [-0.3, -0.25) is 9.69 Å². The molecule has 2 rings (SSSR count). The third-order valence-corrected chi connectivity index (χ3v) is 3.21. The molecule has 0 radical (unpaired) electrons. The highest BCUT2D eigenvalue weighted by molar-refractivity contribution is 5.78. The van der Waals surface area contributed by atoms with Crippen LogP contribution in [0.15, 0.2) is 24.3 Å². The van der Waals surface area contributed by atoms with E-state index in [9.17, 15) is 4.79 Å². The van der Waals surface area contributed by atoms with Crippen LogP contribution in [-0.2, 0) is 11.3 Å². The lowest BCUT2D eigenvalue weighted by molar-refractivity contribution is -0.122. The molecule has 1 aromatic rings. The predicted molar refractivity (Wildman–Crippen MR) is 70.5 cm³/mol. The second-order valence-electron chi connectivity index (χ2n) is 4.61. The predicted octanol–water partition coefficient (Wildman–Crippen LogP) is 1.41. The molecule has 0 atom stereocenters. The van der Waals surface area contributed by atoms with Crippen LogP contribution in [0, 0.1) is 0 Å². The first-order valence-electron chi connectivity index (χ1n) is 6.40. The molecule has 1 N–H and O–H groups in total. The van der Waals surface area contributed by atoms with E-state index in [1.807, 2.05) is 24.3 Å². The van der Waals surface area contributed by atoms with Crippen molar-refractivity contribution in [3.8, 4) is 5.75 Å². The van der Waals surface area contributed by atoms with E-state index < -0.39 is 0 Å². The smallest absolute Gasteiger partial charge is 0.234 e. The first-order chi connectivity index (χ1) is 8.78. The van der Waals surface area contributed by atoms with Gasteiger partial charge in [0.1, 0.15) is 5.75 Å². The summed E-state index contributed by atoms with van der Waals surface area (Å²) in [5.41, 5.74) is 1.09. The molecule has 1 aliphatic heterocycles. The molecule has 4 nitrogen and oxygen atoms in total. The Labute approximate surface area is 108 Å². The van der Waals surface area contributed by atoms with Gasteiger partial charge in [-0.25, -0.2) is 0 Å². The maximum absolute atomic E-state index is 11.7. The first-order valence-corrected chi connectivity index (χ1v) is 6.40. The van der Waals surface area contributed by atoms with Crippen LogP contribution in [0.4, 0.5) is 0 Å². The van der Waals surface area contributed by atoms with Crippen molar-refractivity contribution >= 4 is 5.91 Å². The second kappa shape index (κ2) is 6.40. The van der Waals surface area contributed by atoms with Crippen LogP contribution >= 0.6 is 0 Å². The van der Waals surface area contributed by atoms with E-state index in [2.05, 4.69) is 10.2 Å². The number of amides is 1. The lowest BCUT2D eigenvalue weighted by atomic mass is 10.2. The van der Waals surface area contributed by atoms with Crippen molar-refractivity contribution in [1.82, 2.24) is 10.2 Å². The van der Waals surface area contributed by atoms with Gasteiger partial charge in [-0.15, -0.1) is 0 Å². The van der Waals surface area contributed by atoms with Gasteiger partial charge < -0.3 is 10.1 Å². The van der Waals surface area contributed by atoms with Crippen LogP contribution in [0.1, 0.15) is 18.4 Å². The molecule has 1 saturated heterocycles. The highest BCUT2D eigenvalue weighted by Crippen LogP contribution is 2.11. The summed E-state index contributed by atoms with van der Waals surface area (Å²) in [5.74, 6) is 0.940. The van der Waals surface area contributed by atoms with Crippen molar-refractivity contribution in [2.75, 3.05) is 26.7 Å². The van der Waals surface area contributed by atoms with E-state index in [1.54, 1.807) is 7.11 Å². The number of methoxy groups -OCH3 is 1. The van der Waals surface area contributed by atoms with Crippen LogP contribution in [0.25, 0.3) is 0 Å². The van der Waals surface area contributed by atoms with Gasteiger partial charge in [0.15, 0.2) is 0 Å². The average molecular weight is 248 g/mol. The van der Waals surface area contributed by atoms with Crippen molar-refractivity contribution in [2.45, 2.75) is 19.4 Å². The SMILES string of the molecule is COc1ccc(CNC(=O)CN2CCCC2)cc1. The van der Waals surface area contributed by atoms with Crippen molar-refractivity contribution in [3.63, 3.8) is 0 Å². The van der Waals surface area contributed by atoms with Crippen molar-refractivity contribution in [2.24, 2.45) is 0 Å². The van der Waals surface area contributed by atoms with E-state index in [4.69, 9.17) is 4.74 Å². The summed E-state index contributed by atoms with van der Waals surface area (Å²) in [6, 6.07) is 7.74. The van der Waals surface area contributed by atoms with Gasteiger partial charge in [-0.2, -0.15) is 0 Å². The Morgan fingerprint density at radius 3 is 2.56 bits per heavy atom. The summed E-state index contributed by atoms with van der Waals surface area (Å²) in [5, 5.41) is 2.94. The highest BCUT2D eigenvalue weighted by Gasteiger charge is 2.14. The molecule has 0 spiro atoms. The minimum absolute atomic E-state index is 0.104. The fraction of sp³-hybridized carbons (Fsp3) is 0.500. The lowest BCUT2D eigenvalue weighted by Gasteiger charge is -2.14. The van der Waals surface area contributed by atoms with Gasteiger partial charge in [0.2, 0.25) is 5.91 Å². The van der Waals surface area contributed by atoms with Gasteiger partial charge in [0.25, 0.3) is 0 Å². The van der Waals surface area contributed by atoms with E-state index in [0.717, 1.165) is 24.4 Å². The van der Waals surface area contributed by atoms with Crippen LogP contribution in [0.5, 0.6) is 5.75 Å². The Bertz CT molecular complexity index is 383. The van der Waals surface area contributed by atoms with Crippen LogP contribution in [-0.4, -0.2) is 37.6 Å². The van der Waals surface area contributed by atoms with Crippen LogP contribution < -0.4 is 10.1 Å². The van der Waals surface area contributed by atoms with Crippen LogP contribution in [0.2, 0.25) is 0 Å². The largest absolute Gasteiger partial charge is 0.497 e. The van der Waals surface area contributed by atoms with Crippen LogP contribution in [0.3, 0.4) is 0 Å². The molecule has 1 aromatic carbocycles. The Kier molecular flexibility index (Phi) is 4.59. The van der Waals surface area contributed by atoms with Gasteiger partial charge in [0.05, 0.1) is 13.7 Å². The molecule has 0 aromatic heterocycles. The van der Waals surface area contributed by atoms with Gasteiger partial charge in [-0.05, 0) is 43.6 Å². The molecule has 0 saturated carbocycles. The monoisotopic (exact) mass is 248 g/mol. The Hall–Kier alpha value is -1.55. The molecule has 4 heteroatoms. The third kappa shape index (κ3) is 3.74. The zero-order valence-electron chi connectivity index (χ0n) is 10.8. The maximum atomic E-state index is 11.7. The average Bonchev–Trinajstić information content (AvgIpc) is 2.90. The van der Waals surface area contributed by atoms with Gasteiger partial charge in [-0.1, -0.05) is 12.1 Å². The number of likely N-dealkylation sites (tertiary alicyclic amines) is 1. The molecule has 1 amide bonds. The van der Waals surface area contributed by atoms with Crippen molar-refractivity contribution in [1.29, 1.82) is 0 Å². The lowest BCUT2D eigenvalue weighted by Crippen LogP contribution is -2.35. The second-order valence-corrected chi connectivity index (χ2v) is 4.61. The van der Waals surface area contributed by atoms with E-state index in [-0.39, 0.29) is 5.91 Å². The molecule has 1 fully saturated rings. The number of rotatable bonds is 5. The number of benzene rings is 1. The van der Waals surface area contributed by atoms with Crippen molar-refractivity contribution in [3.05, 3.63) is 29.8 Å². The molecule has 98 valence electrons. The molecule has 1 aliphatic rings. The minimum Gasteiger partial charge on any atom is -0.497 e. The summed E-state index contributed by atoms with van der Waals surface area (Å²) in [6.07, 6.45) is 2.43. The Morgan fingerprint density at radius 1 is 1.28 bits per heavy atom. The quantitative estimate of drug-likeness (QED) is 0.856. The summed E-state index contributed by atoms with van der Waals surface area (Å²) in [7, 11) is 1.65. The Morgan fingerprint density at radius 2 is 1.94 bits per heavy atom. The summed E-state index contributed by atoms with van der Waals surface area (Å²) >= 11 is 0. The fourth-order valence-electron chi connectivity index (χ4n) is 2.14. The number of ether oxygens (including phenoxy) is 1. The molecule has 0 aliphatic carbocycles. The zero-order chi connectivity index (χ0) is 12.8. The molecular weight excluding hydrogens is 228 g/mol. The van der Waals surface area contributed by atoms with E-state index >= 15 is 0 Å². The third-order valence-electron chi connectivity index (χ3n) is 3.21. The minimum atomic E-state index is 0.104. The first kappa shape index (κ1) is 12.9. The highest BCUT2D eigenvalue weighted by atomic mass is 16.5. The molecular formula is C14H20N2O2. The zero-order valence-corrected chi connectivity index (χ0v) is 10.8. The normalized spacial score (nSPS) is 15.6. The molecule has 18 heavy (non-hydrogen) atoms. The molecule has 1 heterocycles. The number of nitrogens with one attached hydrogen (secondary N) is 1. The number of nitrogens with zero attached hydrogens (tertiary/aromatic N) is 1. The fourth-order valence-corrected chi connectivity index (χ4v) is 2.14. The van der Waals surface area contributed by atoms with Gasteiger partial charge in [0, 0.05) is 6.54 Å². The summed E-state index contributed by atoms with van der Waals surface area (Å²) in [6.45, 7) is 3.21.